The highest BCUT2D eigenvalue weighted by Gasteiger charge is 2.31. The second kappa shape index (κ2) is 8.57. The van der Waals surface area contributed by atoms with E-state index in [1.807, 2.05) is 44.2 Å². The molecule has 1 amide bonds. The fourth-order valence-electron chi connectivity index (χ4n) is 2.01. The van der Waals surface area contributed by atoms with Crippen molar-refractivity contribution in [3.8, 4) is 0 Å². The molecule has 1 aliphatic rings. The molecule has 1 aromatic rings. The standard InChI is InChI=1S/C17H25NO4S/c1-17(2,8-9-23-12-14(19)15-11-21-15)18-16(20)22-10-13-6-4-3-5-7-13/h3-7,14-15,19H,8-12H2,1-2H3,(H,18,20). The molecule has 1 heterocycles. The Labute approximate surface area is 141 Å². The highest BCUT2D eigenvalue weighted by Crippen LogP contribution is 2.20. The van der Waals surface area contributed by atoms with Crippen LogP contribution in [-0.2, 0) is 16.1 Å². The lowest BCUT2D eigenvalue weighted by atomic mass is 10.0. The van der Waals surface area contributed by atoms with Crippen LogP contribution in [0.25, 0.3) is 0 Å². The van der Waals surface area contributed by atoms with Crippen LogP contribution in [0.2, 0.25) is 0 Å². The van der Waals surface area contributed by atoms with Gasteiger partial charge in [0.2, 0.25) is 0 Å². The van der Waals surface area contributed by atoms with Crippen molar-refractivity contribution in [1.82, 2.24) is 5.32 Å². The van der Waals surface area contributed by atoms with Crippen LogP contribution in [0.3, 0.4) is 0 Å². The zero-order valence-electron chi connectivity index (χ0n) is 13.7. The number of benzene rings is 1. The van der Waals surface area contributed by atoms with Gasteiger partial charge in [0.15, 0.2) is 0 Å². The fraction of sp³-hybridized carbons (Fsp3) is 0.588. The fourth-order valence-corrected chi connectivity index (χ4v) is 3.29. The topological polar surface area (TPSA) is 71.1 Å². The van der Waals surface area contributed by atoms with Gasteiger partial charge in [0, 0.05) is 11.3 Å². The molecule has 0 saturated carbocycles. The Morgan fingerprint density at radius 1 is 1.48 bits per heavy atom. The quantitative estimate of drug-likeness (QED) is 0.534. The Morgan fingerprint density at radius 2 is 2.17 bits per heavy atom. The van der Waals surface area contributed by atoms with Gasteiger partial charge in [-0.15, -0.1) is 0 Å². The summed E-state index contributed by atoms with van der Waals surface area (Å²) in [6.07, 6.45) is 0.0415. The van der Waals surface area contributed by atoms with Crippen molar-refractivity contribution in [1.29, 1.82) is 0 Å². The van der Waals surface area contributed by atoms with Gasteiger partial charge >= 0.3 is 6.09 Å². The van der Waals surface area contributed by atoms with Crippen molar-refractivity contribution in [3.63, 3.8) is 0 Å². The van der Waals surface area contributed by atoms with Gasteiger partial charge in [-0.2, -0.15) is 11.8 Å². The molecule has 0 bridgehead atoms. The number of carbonyl (C=O) groups is 1. The van der Waals surface area contributed by atoms with Crippen LogP contribution in [0, 0.1) is 0 Å². The third kappa shape index (κ3) is 7.24. The van der Waals surface area contributed by atoms with Gasteiger partial charge in [-0.1, -0.05) is 30.3 Å². The molecule has 1 saturated heterocycles. The number of aliphatic hydroxyl groups excluding tert-OH is 1. The molecule has 2 unspecified atom stereocenters. The summed E-state index contributed by atoms with van der Waals surface area (Å²) in [5, 5.41) is 12.6. The van der Waals surface area contributed by atoms with E-state index in [1.54, 1.807) is 11.8 Å². The summed E-state index contributed by atoms with van der Waals surface area (Å²) in [7, 11) is 0. The molecular formula is C17H25NO4S. The van der Waals surface area contributed by atoms with E-state index in [1.165, 1.54) is 0 Å². The molecule has 0 spiro atoms. The summed E-state index contributed by atoms with van der Waals surface area (Å²) in [5.41, 5.74) is 0.620. The van der Waals surface area contributed by atoms with E-state index in [0.717, 1.165) is 17.7 Å². The highest BCUT2D eigenvalue weighted by molar-refractivity contribution is 7.99. The number of carbonyl (C=O) groups excluding carboxylic acids is 1. The van der Waals surface area contributed by atoms with Crippen molar-refractivity contribution in [2.75, 3.05) is 18.1 Å². The van der Waals surface area contributed by atoms with E-state index in [-0.39, 0.29) is 24.4 Å². The third-order valence-corrected chi connectivity index (χ3v) is 4.67. The zero-order valence-corrected chi connectivity index (χ0v) is 14.5. The number of epoxide rings is 1. The SMILES string of the molecule is CC(C)(CCSCC(O)C1CO1)NC(=O)OCc1ccccc1. The van der Waals surface area contributed by atoms with Crippen LogP contribution >= 0.6 is 11.8 Å². The second-order valence-corrected chi connectivity index (χ2v) is 7.48. The molecule has 23 heavy (non-hydrogen) atoms. The number of amides is 1. The first-order chi connectivity index (χ1) is 11.0. The molecule has 0 aliphatic carbocycles. The number of hydrogen-bond donors (Lipinski definition) is 2. The lowest BCUT2D eigenvalue weighted by Gasteiger charge is -2.25. The number of rotatable bonds is 9. The normalized spacial score (nSPS) is 18.3. The molecule has 2 rings (SSSR count). The maximum Gasteiger partial charge on any atom is 0.407 e. The number of nitrogens with one attached hydrogen (secondary N) is 1. The van der Waals surface area contributed by atoms with Crippen molar-refractivity contribution >= 4 is 17.9 Å². The predicted octanol–water partition coefficient (Wildman–Crippen LogP) is 2.57. The van der Waals surface area contributed by atoms with Gasteiger partial charge in [0.05, 0.1) is 12.7 Å². The maximum atomic E-state index is 11.9. The van der Waals surface area contributed by atoms with Crippen LogP contribution in [0.5, 0.6) is 0 Å². The molecule has 6 heteroatoms. The molecular weight excluding hydrogens is 314 g/mol. The number of hydrogen-bond acceptors (Lipinski definition) is 5. The van der Waals surface area contributed by atoms with Crippen molar-refractivity contribution in [2.45, 2.75) is 44.6 Å². The van der Waals surface area contributed by atoms with E-state index in [9.17, 15) is 9.90 Å². The first-order valence-corrected chi connectivity index (χ1v) is 8.98. The Balaban J connectivity index is 1.60. The first-order valence-electron chi connectivity index (χ1n) is 7.82. The second-order valence-electron chi connectivity index (χ2n) is 6.33. The number of ether oxygens (including phenoxy) is 2. The smallest absolute Gasteiger partial charge is 0.407 e. The lowest BCUT2D eigenvalue weighted by molar-refractivity contribution is 0.129. The van der Waals surface area contributed by atoms with Gasteiger partial charge in [0.25, 0.3) is 0 Å². The summed E-state index contributed by atoms with van der Waals surface area (Å²) in [6, 6.07) is 9.60. The Kier molecular flexibility index (Phi) is 6.74. The Hall–Kier alpha value is -1.24. The Bertz CT molecular complexity index is 491. The molecule has 2 atom stereocenters. The van der Waals surface area contributed by atoms with Crippen LogP contribution in [0.4, 0.5) is 4.79 Å². The van der Waals surface area contributed by atoms with Crippen molar-refractivity contribution in [2.24, 2.45) is 0 Å². The van der Waals surface area contributed by atoms with E-state index in [4.69, 9.17) is 9.47 Å². The number of aliphatic hydroxyl groups is 1. The molecule has 128 valence electrons. The van der Waals surface area contributed by atoms with Gasteiger partial charge in [-0.25, -0.2) is 4.79 Å². The summed E-state index contributed by atoms with van der Waals surface area (Å²) in [6.45, 7) is 4.88. The molecule has 0 aromatic heterocycles. The van der Waals surface area contributed by atoms with Crippen LogP contribution in [-0.4, -0.2) is 47.1 Å². The van der Waals surface area contributed by atoms with Crippen molar-refractivity contribution in [3.05, 3.63) is 35.9 Å². The molecule has 1 aromatic carbocycles. The minimum atomic E-state index is -0.407. The Morgan fingerprint density at radius 3 is 2.83 bits per heavy atom. The zero-order chi connectivity index (χ0) is 16.7. The highest BCUT2D eigenvalue weighted by atomic mass is 32.2. The minimum absolute atomic E-state index is 0.0293. The maximum absolute atomic E-state index is 11.9. The number of thioether (sulfide) groups is 1. The average Bonchev–Trinajstić information content (AvgIpc) is 3.35. The predicted molar refractivity (Wildman–Crippen MR) is 91.5 cm³/mol. The summed E-state index contributed by atoms with van der Waals surface area (Å²) in [4.78, 5) is 11.9. The molecule has 2 N–H and O–H groups in total. The molecule has 5 nitrogen and oxygen atoms in total. The average molecular weight is 339 g/mol. The lowest BCUT2D eigenvalue weighted by Crippen LogP contribution is -2.44. The largest absolute Gasteiger partial charge is 0.445 e. The minimum Gasteiger partial charge on any atom is -0.445 e. The van der Waals surface area contributed by atoms with E-state index in [2.05, 4.69) is 5.32 Å². The van der Waals surface area contributed by atoms with Crippen molar-refractivity contribution < 1.29 is 19.4 Å². The van der Waals surface area contributed by atoms with Gasteiger partial charge in [0.1, 0.15) is 12.7 Å². The molecule has 1 aliphatic heterocycles. The van der Waals surface area contributed by atoms with E-state index in [0.29, 0.717) is 12.4 Å². The van der Waals surface area contributed by atoms with Crippen LogP contribution in [0.15, 0.2) is 30.3 Å². The summed E-state index contributed by atoms with van der Waals surface area (Å²) in [5.74, 6) is 1.52. The molecule has 0 radical (unpaired) electrons. The van der Waals surface area contributed by atoms with Gasteiger partial charge in [-0.05, 0) is 31.6 Å². The van der Waals surface area contributed by atoms with E-state index >= 15 is 0 Å². The van der Waals surface area contributed by atoms with E-state index < -0.39 is 6.09 Å². The van der Waals surface area contributed by atoms with Gasteiger partial charge in [-0.3, -0.25) is 0 Å². The monoisotopic (exact) mass is 339 g/mol. The molecule has 1 fully saturated rings. The van der Waals surface area contributed by atoms with Gasteiger partial charge < -0.3 is 19.9 Å². The summed E-state index contributed by atoms with van der Waals surface area (Å²) < 4.78 is 10.3. The third-order valence-electron chi connectivity index (χ3n) is 3.60. The first kappa shape index (κ1) is 18.1. The summed E-state index contributed by atoms with van der Waals surface area (Å²) >= 11 is 1.67. The number of alkyl carbamates (subject to hydrolysis) is 1. The van der Waals surface area contributed by atoms with Crippen LogP contribution < -0.4 is 5.32 Å². The van der Waals surface area contributed by atoms with Crippen LogP contribution in [0.1, 0.15) is 25.8 Å².